The van der Waals surface area contributed by atoms with Gasteiger partial charge in [-0.15, -0.1) is 0 Å². The quantitative estimate of drug-likeness (QED) is 0.351. The SMILES string of the molecule is Cc1cc(Nc2ncnc3cnc(N4CC[C@@H]4C(C)(C)O)nc23)ccc1Oc1ccc2c(c1)ncn2C. The fraction of sp³-hybridized carbons (Fsp3) is 0.296. The average molecular weight is 497 g/mol. The summed E-state index contributed by atoms with van der Waals surface area (Å²) in [4.78, 5) is 24.5. The molecule has 0 aliphatic carbocycles. The lowest BCUT2D eigenvalue weighted by molar-refractivity contribution is 0.0286. The molecule has 0 bridgehead atoms. The number of nitrogens with zero attached hydrogens (tertiary/aromatic N) is 7. The van der Waals surface area contributed by atoms with Crippen LogP contribution in [-0.4, -0.2) is 52.8 Å². The Balaban J connectivity index is 1.25. The Morgan fingerprint density at radius 3 is 2.68 bits per heavy atom. The van der Waals surface area contributed by atoms with Crippen LogP contribution in [0.15, 0.2) is 55.2 Å². The van der Waals surface area contributed by atoms with Gasteiger partial charge in [-0.1, -0.05) is 0 Å². The molecule has 1 aliphatic heterocycles. The van der Waals surface area contributed by atoms with Gasteiger partial charge in [0.1, 0.15) is 28.9 Å². The lowest BCUT2D eigenvalue weighted by Crippen LogP contribution is -2.59. The standard InChI is InChI=1S/C27H28N8O2/c1-16-11-17(5-8-22(16)37-18-6-7-21-19(12-18)31-15-34(21)4)32-25-24-20(29-14-30-25)13-28-26(33-24)35-10-9-23(35)27(2,3)36/h5-8,11-15,23,36H,9-10H2,1-4H3,(H,29,30,32)/t23-/m1/s1. The van der Waals surface area contributed by atoms with Crippen molar-refractivity contribution in [1.82, 2.24) is 29.5 Å². The molecule has 0 amide bonds. The summed E-state index contributed by atoms with van der Waals surface area (Å²) in [5.41, 5.74) is 4.18. The van der Waals surface area contributed by atoms with Crippen LogP contribution < -0.4 is 15.0 Å². The number of imidazole rings is 1. The topological polar surface area (TPSA) is 114 Å². The van der Waals surface area contributed by atoms with E-state index in [1.165, 1.54) is 6.33 Å². The van der Waals surface area contributed by atoms with Crippen LogP contribution in [0.25, 0.3) is 22.1 Å². The van der Waals surface area contributed by atoms with Crippen molar-refractivity contribution in [3.63, 3.8) is 0 Å². The van der Waals surface area contributed by atoms with Crippen molar-refractivity contribution in [3.05, 3.63) is 60.8 Å². The first-order valence-corrected chi connectivity index (χ1v) is 12.2. The molecule has 188 valence electrons. The molecular weight excluding hydrogens is 468 g/mol. The molecule has 3 aromatic heterocycles. The number of aliphatic hydroxyl groups is 1. The largest absolute Gasteiger partial charge is 0.457 e. The van der Waals surface area contributed by atoms with Gasteiger partial charge in [0.15, 0.2) is 5.82 Å². The van der Waals surface area contributed by atoms with Gasteiger partial charge in [-0.3, -0.25) is 0 Å². The summed E-state index contributed by atoms with van der Waals surface area (Å²) >= 11 is 0. The summed E-state index contributed by atoms with van der Waals surface area (Å²) in [6, 6.07) is 11.7. The summed E-state index contributed by atoms with van der Waals surface area (Å²) in [6.45, 7) is 6.42. The van der Waals surface area contributed by atoms with Crippen molar-refractivity contribution < 1.29 is 9.84 Å². The van der Waals surface area contributed by atoms with E-state index >= 15 is 0 Å². The fourth-order valence-corrected chi connectivity index (χ4v) is 4.72. The number of fused-ring (bicyclic) bond motifs is 2. The summed E-state index contributed by atoms with van der Waals surface area (Å²) < 4.78 is 8.13. The predicted octanol–water partition coefficient (Wildman–Crippen LogP) is 4.50. The minimum atomic E-state index is -0.838. The van der Waals surface area contributed by atoms with E-state index in [-0.39, 0.29) is 6.04 Å². The highest BCUT2D eigenvalue weighted by atomic mass is 16.5. The zero-order valence-electron chi connectivity index (χ0n) is 21.2. The molecule has 2 aromatic carbocycles. The molecule has 1 atom stereocenters. The average Bonchev–Trinajstić information content (AvgIpc) is 3.19. The maximum absolute atomic E-state index is 10.5. The van der Waals surface area contributed by atoms with Gasteiger partial charge in [-0.2, -0.15) is 0 Å². The van der Waals surface area contributed by atoms with Crippen molar-refractivity contribution in [3.8, 4) is 11.5 Å². The predicted molar refractivity (Wildman–Crippen MR) is 142 cm³/mol. The molecule has 10 nitrogen and oxygen atoms in total. The number of nitrogens with one attached hydrogen (secondary N) is 1. The smallest absolute Gasteiger partial charge is 0.226 e. The van der Waals surface area contributed by atoms with Crippen molar-refractivity contribution in [2.75, 3.05) is 16.8 Å². The number of anilines is 3. The zero-order valence-corrected chi connectivity index (χ0v) is 21.2. The minimum Gasteiger partial charge on any atom is -0.457 e. The molecule has 0 spiro atoms. The number of hydrogen-bond acceptors (Lipinski definition) is 9. The molecule has 6 rings (SSSR count). The van der Waals surface area contributed by atoms with Crippen LogP contribution >= 0.6 is 0 Å². The van der Waals surface area contributed by atoms with Crippen LogP contribution in [0, 0.1) is 6.92 Å². The Hall–Kier alpha value is -4.31. The Morgan fingerprint density at radius 1 is 1.05 bits per heavy atom. The van der Waals surface area contributed by atoms with Gasteiger partial charge in [-0.05, 0) is 63.1 Å². The number of aromatic nitrogens is 6. The van der Waals surface area contributed by atoms with Crippen molar-refractivity contribution >= 4 is 39.5 Å². The molecule has 0 unspecified atom stereocenters. The molecule has 37 heavy (non-hydrogen) atoms. The van der Waals surface area contributed by atoms with Gasteiger partial charge in [0, 0.05) is 25.3 Å². The van der Waals surface area contributed by atoms with E-state index in [9.17, 15) is 5.11 Å². The molecule has 4 heterocycles. The summed E-state index contributed by atoms with van der Waals surface area (Å²) in [7, 11) is 1.97. The Bertz CT molecular complexity index is 1620. The Labute approximate surface area is 214 Å². The molecule has 0 saturated carbocycles. The molecule has 5 aromatic rings. The van der Waals surface area contributed by atoms with Gasteiger partial charge < -0.3 is 24.6 Å². The summed E-state index contributed by atoms with van der Waals surface area (Å²) in [6.07, 6.45) is 5.88. The molecule has 1 fully saturated rings. The maximum Gasteiger partial charge on any atom is 0.226 e. The lowest BCUT2D eigenvalue weighted by atomic mass is 9.88. The van der Waals surface area contributed by atoms with Crippen LogP contribution in [0.5, 0.6) is 11.5 Å². The molecule has 1 aliphatic rings. The van der Waals surface area contributed by atoms with Gasteiger partial charge in [0.05, 0.1) is 35.2 Å². The number of rotatable bonds is 6. The van der Waals surface area contributed by atoms with Crippen molar-refractivity contribution in [1.29, 1.82) is 0 Å². The molecular formula is C27H28N8O2. The summed E-state index contributed by atoms with van der Waals surface area (Å²) in [5, 5.41) is 13.8. The highest BCUT2D eigenvalue weighted by Crippen LogP contribution is 2.33. The van der Waals surface area contributed by atoms with Crippen molar-refractivity contribution in [2.45, 2.75) is 38.8 Å². The third-order valence-corrected chi connectivity index (χ3v) is 6.82. The summed E-state index contributed by atoms with van der Waals surface area (Å²) in [5.74, 6) is 2.64. The van der Waals surface area contributed by atoms with E-state index in [2.05, 4.69) is 25.3 Å². The zero-order chi connectivity index (χ0) is 25.7. The van der Waals surface area contributed by atoms with Crippen LogP contribution in [0.4, 0.5) is 17.5 Å². The first kappa shape index (κ1) is 23.1. The van der Waals surface area contributed by atoms with Crippen LogP contribution in [0.3, 0.4) is 0 Å². The molecule has 2 N–H and O–H groups in total. The first-order chi connectivity index (χ1) is 17.8. The van der Waals surface area contributed by atoms with E-state index in [1.807, 2.05) is 73.7 Å². The second-order valence-electron chi connectivity index (χ2n) is 9.99. The third-order valence-electron chi connectivity index (χ3n) is 6.82. The van der Waals surface area contributed by atoms with Gasteiger partial charge in [0.25, 0.3) is 0 Å². The van der Waals surface area contributed by atoms with Gasteiger partial charge in [0.2, 0.25) is 5.95 Å². The second kappa shape index (κ2) is 8.67. The minimum absolute atomic E-state index is 0.0282. The molecule has 0 radical (unpaired) electrons. The van der Waals surface area contributed by atoms with E-state index in [0.29, 0.717) is 22.8 Å². The highest BCUT2D eigenvalue weighted by molar-refractivity contribution is 5.87. The normalized spacial score (nSPS) is 15.7. The Morgan fingerprint density at radius 2 is 1.92 bits per heavy atom. The fourth-order valence-electron chi connectivity index (χ4n) is 4.72. The second-order valence-corrected chi connectivity index (χ2v) is 9.99. The van der Waals surface area contributed by atoms with Crippen LogP contribution in [0.1, 0.15) is 25.8 Å². The van der Waals surface area contributed by atoms with E-state index in [4.69, 9.17) is 9.72 Å². The first-order valence-electron chi connectivity index (χ1n) is 12.2. The molecule has 10 heteroatoms. The van der Waals surface area contributed by atoms with Gasteiger partial charge >= 0.3 is 0 Å². The van der Waals surface area contributed by atoms with Crippen LogP contribution in [0.2, 0.25) is 0 Å². The van der Waals surface area contributed by atoms with E-state index < -0.39 is 5.60 Å². The van der Waals surface area contributed by atoms with Crippen LogP contribution in [-0.2, 0) is 7.05 Å². The van der Waals surface area contributed by atoms with Crippen molar-refractivity contribution in [2.24, 2.45) is 7.05 Å². The number of ether oxygens (including phenoxy) is 1. The number of benzene rings is 2. The highest BCUT2D eigenvalue weighted by Gasteiger charge is 2.40. The monoisotopic (exact) mass is 496 g/mol. The van der Waals surface area contributed by atoms with Gasteiger partial charge in [-0.25, -0.2) is 24.9 Å². The lowest BCUT2D eigenvalue weighted by Gasteiger charge is -2.47. The molecule has 1 saturated heterocycles. The number of hydrogen-bond donors (Lipinski definition) is 2. The third kappa shape index (κ3) is 4.29. The van der Waals surface area contributed by atoms with E-state index in [1.54, 1.807) is 12.5 Å². The number of aryl methyl sites for hydroxylation is 2. The van der Waals surface area contributed by atoms with E-state index in [0.717, 1.165) is 46.7 Å². The maximum atomic E-state index is 10.5. The Kier molecular flexibility index (Phi) is 5.41.